The van der Waals surface area contributed by atoms with Crippen LogP contribution < -0.4 is 11.1 Å². The predicted octanol–water partition coefficient (Wildman–Crippen LogP) is -3.21. The molecule has 0 aromatic carbocycles. The second-order valence-electron chi connectivity index (χ2n) is 4.74. The number of hydrogen-bond donors (Lipinski definition) is 5. The maximum atomic E-state index is 12.0. The Morgan fingerprint density at radius 2 is 2.24 bits per heavy atom. The van der Waals surface area contributed by atoms with Crippen molar-refractivity contribution in [3.63, 3.8) is 0 Å². The van der Waals surface area contributed by atoms with E-state index in [0.717, 1.165) is 24.3 Å². The molecule has 0 radical (unpaired) electrons. The molecule has 2 aliphatic rings. The van der Waals surface area contributed by atoms with E-state index in [1.165, 1.54) is 0 Å². The third-order valence-corrected chi connectivity index (χ3v) is 3.36. The number of hydrogen-bond acceptors (Lipinski definition) is 8. The zero-order valence-corrected chi connectivity index (χ0v) is 11.2. The first-order valence-corrected chi connectivity index (χ1v) is 6.13. The Bertz CT molecular complexity index is 471. The first-order valence-electron chi connectivity index (χ1n) is 6.13. The zero-order valence-electron chi connectivity index (χ0n) is 11.2. The summed E-state index contributed by atoms with van der Waals surface area (Å²) in [5.74, 6) is -0.868. The summed E-state index contributed by atoms with van der Waals surface area (Å²) in [6, 6.07) is -0.819. The van der Waals surface area contributed by atoms with Crippen LogP contribution in [0.25, 0.3) is 0 Å². The highest BCUT2D eigenvalue weighted by Gasteiger charge is 2.49. The number of nitrogens with zero attached hydrogens (tertiary/aromatic N) is 1. The van der Waals surface area contributed by atoms with Crippen molar-refractivity contribution < 1.29 is 34.4 Å². The maximum Gasteiger partial charge on any atom is 0.351 e. The van der Waals surface area contributed by atoms with E-state index >= 15 is 0 Å². The minimum atomic E-state index is -1.82. The van der Waals surface area contributed by atoms with E-state index in [-0.39, 0.29) is 0 Å². The van der Waals surface area contributed by atoms with Gasteiger partial charge in [-0.3, -0.25) is 10.6 Å². The van der Waals surface area contributed by atoms with E-state index < -0.39 is 48.8 Å². The molecule has 21 heavy (non-hydrogen) atoms. The van der Waals surface area contributed by atoms with Crippen molar-refractivity contribution in [3.8, 4) is 0 Å². The van der Waals surface area contributed by atoms with Crippen LogP contribution in [0.2, 0.25) is 0 Å². The zero-order chi connectivity index (χ0) is 15.8. The van der Waals surface area contributed by atoms with E-state index in [4.69, 9.17) is 15.6 Å². The quantitative estimate of drug-likeness (QED) is 0.341. The number of ether oxygens (including phenoxy) is 2. The lowest BCUT2D eigenvalue weighted by Crippen LogP contribution is -2.66. The van der Waals surface area contributed by atoms with Crippen molar-refractivity contribution in [2.45, 2.75) is 30.2 Å². The van der Waals surface area contributed by atoms with Gasteiger partial charge in [0.1, 0.15) is 18.3 Å². The number of nitrogens with two attached hydrogens (primary N) is 1. The van der Waals surface area contributed by atoms with Gasteiger partial charge >= 0.3 is 12.0 Å². The van der Waals surface area contributed by atoms with Crippen LogP contribution in [-0.4, -0.2) is 76.1 Å². The van der Waals surface area contributed by atoms with Crippen molar-refractivity contribution in [2.24, 2.45) is 5.73 Å². The molecule has 2 amide bonds. The highest BCUT2D eigenvalue weighted by Crippen LogP contribution is 2.26. The van der Waals surface area contributed by atoms with Gasteiger partial charge in [-0.1, -0.05) is 0 Å². The highest BCUT2D eigenvalue weighted by atomic mass is 16.6. The van der Waals surface area contributed by atoms with Crippen LogP contribution in [0.5, 0.6) is 0 Å². The number of rotatable bonds is 3. The molecule has 6 N–H and O–H groups in total. The first-order chi connectivity index (χ1) is 9.84. The SMILES string of the molecule is COC(=O)C1(N)C=CN([C@@H]2O[C@H](CO)[C@@H](O)[C@H]2O)C(=O)N1. The predicted molar refractivity (Wildman–Crippen MR) is 66.2 cm³/mol. The average molecular weight is 303 g/mol. The molecule has 1 fully saturated rings. The number of esters is 1. The summed E-state index contributed by atoms with van der Waals surface area (Å²) in [4.78, 5) is 24.4. The Morgan fingerprint density at radius 1 is 1.57 bits per heavy atom. The van der Waals surface area contributed by atoms with E-state index in [1.807, 2.05) is 0 Å². The molecule has 2 rings (SSSR count). The molecular formula is C11H17N3O7. The molecule has 2 aliphatic heterocycles. The molecule has 0 aromatic rings. The van der Waals surface area contributed by atoms with Gasteiger partial charge in [0, 0.05) is 6.20 Å². The lowest BCUT2D eigenvalue weighted by atomic mass is 10.1. The number of amides is 2. The standard InChI is InChI=1S/C11H17N3O7/c1-20-9(18)11(12)2-3-14(10(19)13-11)8-7(17)6(16)5(4-15)21-8/h2-3,5-8,15-17H,4,12H2,1H3,(H,13,19)/t5-,6-,7-,8-,11?/m1/s1. The molecule has 0 aliphatic carbocycles. The summed E-state index contributed by atoms with van der Waals surface area (Å²) in [6.07, 6.45) is -2.68. The fourth-order valence-corrected chi connectivity index (χ4v) is 2.15. The van der Waals surface area contributed by atoms with Crippen molar-refractivity contribution in [1.82, 2.24) is 10.2 Å². The molecule has 0 bridgehead atoms. The van der Waals surface area contributed by atoms with Gasteiger partial charge in [0.05, 0.1) is 13.7 Å². The Kier molecular flexibility index (Phi) is 4.16. The lowest BCUT2D eigenvalue weighted by Gasteiger charge is -2.35. The van der Waals surface area contributed by atoms with Crippen molar-refractivity contribution >= 4 is 12.0 Å². The van der Waals surface area contributed by atoms with E-state index in [2.05, 4.69) is 10.1 Å². The number of aliphatic hydroxyl groups is 3. The van der Waals surface area contributed by atoms with Gasteiger partial charge in [0.25, 0.3) is 0 Å². The largest absolute Gasteiger partial charge is 0.466 e. The van der Waals surface area contributed by atoms with Gasteiger partial charge < -0.3 is 30.1 Å². The monoisotopic (exact) mass is 303 g/mol. The normalized spacial score (nSPS) is 39.3. The van der Waals surface area contributed by atoms with Crippen LogP contribution in [0.3, 0.4) is 0 Å². The molecule has 118 valence electrons. The van der Waals surface area contributed by atoms with E-state index in [1.54, 1.807) is 0 Å². The summed E-state index contributed by atoms with van der Waals surface area (Å²) in [7, 11) is 1.12. The molecule has 5 atom stereocenters. The Balaban J connectivity index is 2.18. The van der Waals surface area contributed by atoms with Gasteiger partial charge in [-0.2, -0.15) is 0 Å². The van der Waals surface area contributed by atoms with Crippen molar-refractivity contribution in [2.75, 3.05) is 13.7 Å². The van der Waals surface area contributed by atoms with Crippen LogP contribution in [0, 0.1) is 0 Å². The number of carbonyl (C=O) groups excluding carboxylic acids is 2. The molecule has 1 unspecified atom stereocenters. The molecule has 0 spiro atoms. The summed E-state index contributed by atoms with van der Waals surface area (Å²) >= 11 is 0. The van der Waals surface area contributed by atoms with Gasteiger partial charge in [-0.15, -0.1) is 0 Å². The number of aliphatic hydroxyl groups excluding tert-OH is 3. The fraction of sp³-hybridized carbons (Fsp3) is 0.636. The highest BCUT2D eigenvalue weighted by molar-refractivity contribution is 5.90. The second kappa shape index (κ2) is 5.58. The number of carbonyl (C=O) groups is 2. The Hall–Kier alpha value is -1.72. The summed E-state index contributed by atoms with van der Waals surface area (Å²) < 4.78 is 9.68. The molecule has 1 saturated heterocycles. The minimum absolute atomic E-state index is 0.517. The fourth-order valence-electron chi connectivity index (χ4n) is 2.15. The smallest absolute Gasteiger partial charge is 0.351 e. The minimum Gasteiger partial charge on any atom is -0.466 e. The third kappa shape index (κ3) is 2.59. The molecule has 0 saturated carbocycles. The maximum absolute atomic E-state index is 12.0. The van der Waals surface area contributed by atoms with Gasteiger partial charge in [0.2, 0.25) is 5.66 Å². The van der Waals surface area contributed by atoms with Crippen LogP contribution in [0.1, 0.15) is 0 Å². The van der Waals surface area contributed by atoms with Gasteiger partial charge in [-0.25, -0.2) is 9.59 Å². The Morgan fingerprint density at radius 3 is 2.71 bits per heavy atom. The van der Waals surface area contributed by atoms with Gasteiger partial charge in [0.15, 0.2) is 6.23 Å². The van der Waals surface area contributed by atoms with Crippen molar-refractivity contribution in [3.05, 3.63) is 12.3 Å². The molecule has 0 aromatic heterocycles. The number of nitrogens with one attached hydrogen (secondary N) is 1. The van der Waals surface area contributed by atoms with Gasteiger partial charge in [-0.05, 0) is 6.08 Å². The van der Waals surface area contributed by atoms with E-state index in [9.17, 15) is 19.8 Å². The first kappa shape index (κ1) is 15.7. The lowest BCUT2D eigenvalue weighted by molar-refractivity contribution is -0.146. The molecular weight excluding hydrogens is 286 g/mol. The summed E-state index contributed by atoms with van der Waals surface area (Å²) in [5, 5.41) is 30.7. The van der Waals surface area contributed by atoms with Crippen LogP contribution in [0.4, 0.5) is 4.79 Å². The Labute approximate surface area is 119 Å². The van der Waals surface area contributed by atoms with Crippen LogP contribution >= 0.6 is 0 Å². The van der Waals surface area contributed by atoms with Crippen LogP contribution in [0.15, 0.2) is 12.3 Å². The molecule has 2 heterocycles. The third-order valence-electron chi connectivity index (χ3n) is 3.36. The molecule has 10 heteroatoms. The molecule has 10 nitrogen and oxygen atoms in total. The summed E-state index contributed by atoms with van der Waals surface area (Å²) in [6.45, 7) is -0.517. The van der Waals surface area contributed by atoms with Crippen LogP contribution in [-0.2, 0) is 14.3 Å². The number of methoxy groups -OCH3 is 1. The van der Waals surface area contributed by atoms with E-state index in [0.29, 0.717) is 0 Å². The topological polar surface area (TPSA) is 155 Å². The van der Waals surface area contributed by atoms with Crippen molar-refractivity contribution in [1.29, 1.82) is 0 Å². The second-order valence-corrected chi connectivity index (χ2v) is 4.74. The summed E-state index contributed by atoms with van der Waals surface area (Å²) in [5.41, 5.74) is 3.85. The average Bonchev–Trinajstić information content (AvgIpc) is 2.74. The number of urea groups is 1.